The van der Waals surface area contributed by atoms with Gasteiger partial charge in [-0.05, 0) is 73.1 Å². The zero-order valence-corrected chi connectivity index (χ0v) is 24.0. The van der Waals surface area contributed by atoms with Crippen molar-refractivity contribution >= 4 is 34.9 Å². The van der Waals surface area contributed by atoms with Gasteiger partial charge < -0.3 is 19.8 Å². The Balaban J connectivity index is 1.51. The molecule has 1 saturated carbocycles. The van der Waals surface area contributed by atoms with Crippen LogP contribution >= 0.6 is 23.5 Å². The van der Waals surface area contributed by atoms with Gasteiger partial charge in [-0.2, -0.15) is 0 Å². The lowest BCUT2D eigenvalue weighted by atomic mass is 10.1. The summed E-state index contributed by atoms with van der Waals surface area (Å²) in [5.74, 6) is 6.64. The van der Waals surface area contributed by atoms with E-state index in [1.807, 2.05) is 12.2 Å². The van der Waals surface area contributed by atoms with Crippen LogP contribution in [0.2, 0.25) is 5.02 Å². The fraction of sp³-hybridized carbons (Fsp3) is 0.379. The van der Waals surface area contributed by atoms with E-state index in [0.717, 1.165) is 66.1 Å². The van der Waals surface area contributed by atoms with Crippen LogP contribution in [0.4, 0.5) is 15.8 Å². The van der Waals surface area contributed by atoms with Gasteiger partial charge in [-0.25, -0.2) is 10.2 Å². The van der Waals surface area contributed by atoms with Gasteiger partial charge in [-0.1, -0.05) is 37.6 Å². The van der Waals surface area contributed by atoms with Crippen LogP contribution in [-0.2, 0) is 0 Å². The van der Waals surface area contributed by atoms with E-state index in [9.17, 15) is 4.39 Å². The lowest BCUT2D eigenvalue weighted by Crippen LogP contribution is -2.46. The third-order valence-electron chi connectivity index (χ3n) is 6.83. The number of nitrogens with zero attached hydrogens (tertiary/aromatic N) is 3. The van der Waals surface area contributed by atoms with E-state index in [-0.39, 0.29) is 10.7 Å². The zero-order valence-electron chi connectivity index (χ0n) is 22.4. The number of halogens is 2. The number of nitrogens with two attached hydrogens (primary N) is 2. The normalized spacial score (nSPS) is 17.4. The molecule has 2 aromatic rings. The van der Waals surface area contributed by atoms with Crippen molar-refractivity contribution in [3.63, 3.8) is 0 Å². The Bertz CT molecular complexity index is 1200. The second-order valence-corrected chi connectivity index (χ2v) is 11.1. The maximum absolute atomic E-state index is 14.9. The standard InChI is InChI=1S/C29H38ClFN6OS/c1-3-5-6-22(17-23(4-2)36-14-12-35(13-15-36)18-21-7-8-21)26(32)19-37(33)29-25(31)9-10-27(28(29)30)34-39-24-11-16-38-20-24/h4,6,9-11,16-17,19-21,34H,2-3,5,7-8,12-15,18,32-33H2,1H3/b22-6+,23-17+,26-19-. The first-order valence-corrected chi connectivity index (χ1v) is 14.5. The summed E-state index contributed by atoms with van der Waals surface area (Å²) in [4.78, 5) is 5.75. The van der Waals surface area contributed by atoms with Crippen LogP contribution in [0.5, 0.6) is 0 Å². The van der Waals surface area contributed by atoms with Gasteiger partial charge in [0, 0.05) is 44.6 Å². The molecule has 1 aliphatic heterocycles. The van der Waals surface area contributed by atoms with Gasteiger partial charge in [-0.3, -0.25) is 9.91 Å². The summed E-state index contributed by atoms with van der Waals surface area (Å²) in [6, 6.07) is 4.68. The van der Waals surface area contributed by atoms with Crippen molar-refractivity contribution in [3.8, 4) is 0 Å². The first kappa shape index (κ1) is 29.1. The van der Waals surface area contributed by atoms with Crippen molar-refractivity contribution in [2.45, 2.75) is 37.5 Å². The van der Waals surface area contributed by atoms with Gasteiger partial charge in [0.2, 0.25) is 0 Å². The number of benzene rings is 1. The summed E-state index contributed by atoms with van der Waals surface area (Å²) >= 11 is 7.86. The Morgan fingerprint density at radius 1 is 1.28 bits per heavy atom. The molecule has 10 heteroatoms. The topological polar surface area (TPSA) is 86.9 Å². The highest BCUT2D eigenvalue weighted by Gasteiger charge is 2.26. The fourth-order valence-electron chi connectivity index (χ4n) is 4.42. The predicted molar refractivity (Wildman–Crippen MR) is 161 cm³/mol. The molecule has 2 heterocycles. The Labute approximate surface area is 240 Å². The minimum Gasteiger partial charge on any atom is -0.471 e. The molecule has 0 atom stereocenters. The number of hydrogen-bond acceptors (Lipinski definition) is 8. The van der Waals surface area contributed by atoms with E-state index < -0.39 is 5.82 Å². The van der Waals surface area contributed by atoms with E-state index in [1.54, 1.807) is 24.7 Å². The van der Waals surface area contributed by atoms with E-state index in [4.69, 9.17) is 27.6 Å². The van der Waals surface area contributed by atoms with Crippen molar-refractivity contribution < 1.29 is 8.81 Å². The molecule has 1 aromatic carbocycles. The number of anilines is 2. The summed E-state index contributed by atoms with van der Waals surface area (Å²) in [7, 11) is 0. The number of piperazine rings is 1. The molecule has 210 valence electrons. The first-order chi connectivity index (χ1) is 18.9. The minimum atomic E-state index is -0.559. The quantitative estimate of drug-likeness (QED) is 0.109. The van der Waals surface area contributed by atoms with Crippen LogP contribution in [0.1, 0.15) is 32.6 Å². The van der Waals surface area contributed by atoms with Crippen molar-refractivity contribution in [3.05, 3.63) is 89.5 Å². The highest BCUT2D eigenvalue weighted by atomic mass is 35.5. The summed E-state index contributed by atoms with van der Waals surface area (Å²) < 4.78 is 23.1. The number of nitrogens with one attached hydrogen (secondary N) is 1. The molecule has 2 aliphatic rings. The third-order valence-corrected chi connectivity index (χ3v) is 8.00. The van der Waals surface area contributed by atoms with E-state index >= 15 is 0 Å². The molecule has 2 fully saturated rings. The highest BCUT2D eigenvalue weighted by Crippen LogP contribution is 2.37. The molecule has 7 nitrogen and oxygen atoms in total. The van der Waals surface area contributed by atoms with Crippen molar-refractivity contribution in [1.29, 1.82) is 0 Å². The largest absolute Gasteiger partial charge is 0.471 e. The molecule has 39 heavy (non-hydrogen) atoms. The fourth-order valence-corrected chi connectivity index (χ4v) is 5.40. The van der Waals surface area contributed by atoms with Crippen molar-refractivity contribution in [2.24, 2.45) is 17.5 Å². The Hall–Kier alpha value is -2.85. The average Bonchev–Trinajstić information content (AvgIpc) is 3.58. The van der Waals surface area contributed by atoms with Crippen molar-refractivity contribution in [1.82, 2.24) is 9.80 Å². The second-order valence-electron chi connectivity index (χ2n) is 9.86. The van der Waals surface area contributed by atoms with E-state index in [2.05, 4.69) is 34.1 Å². The Morgan fingerprint density at radius 3 is 2.69 bits per heavy atom. The van der Waals surface area contributed by atoms with Gasteiger partial charge in [0.15, 0.2) is 0 Å². The number of allylic oxidation sites excluding steroid dienone is 3. The van der Waals surface area contributed by atoms with Crippen LogP contribution in [0.25, 0.3) is 0 Å². The number of hydrazine groups is 1. The molecule has 1 aliphatic carbocycles. The Kier molecular flexibility index (Phi) is 10.4. The Morgan fingerprint density at radius 2 is 2.05 bits per heavy atom. The van der Waals surface area contributed by atoms with Gasteiger partial charge in [-0.15, -0.1) is 0 Å². The number of rotatable bonds is 13. The zero-order chi connectivity index (χ0) is 27.8. The molecule has 0 unspecified atom stereocenters. The lowest BCUT2D eigenvalue weighted by molar-refractivity contribution is 0.157. The monoisotopic (exact) mass is 572 g/mol. The third kappa shape index (κ3) is 8.08. The summed E-state index contributed by atoms with van der Waals surface area (Å²) in [6.45, 7) is 11.3. The summed E-state index contributed by atoms with van der Waals surface area (Å²) in [6.07, 6.45) is 15.2. The molecule has 5 N–H and O–H groups in total. The van der Waals surface area contributed by atoms with Gasteiger partial charge in [0.25, 0.3) is 0 Å². The molecular formula is C29H38ClFN6OS. The van der Waals surface area contributed by atoms with Gasteiger partial charge in [0.1, 0.15) is 17.8 Å². The second kappa shape index (κ2) is 14.0. The van der Waals surface area contributed by atoms with Crippen molar-refractivity contribution in [2.75, 3.05) is 42.5 Å². The molecule has 0 spiro atoms. The highest BCUT2D eigenvalue weighted by molar-refractivity contribution is 8.00. The number of hydrogen-bond donors (Lipinski definition) is 3. The van der Waals surface area contributed by atoms with Crippen LogP contribution < -0.4 is 21.3 Å². The summed E-state index contributed by atoms with van der Waals surface area (Å²) in [5.41, 5.74) is 9.30. The van der Waals surface area contributed by atoms with Crippen LogP contribution in [0, 0.1) is 11.7 Å². The first-order valence-electron chi connectivity index (χ1n) is 13.4. The van der Waals surface area contributed by atoms with Crippen LogP contribution in [0.3, 0.4) is 0 Å². The smallest absolute Gasteiger partial charge is 0.149 e. The van der Waals surface area contributed by atoms with E-state index in [1.165, 1.54) is 43.6 Å². The SMILES string of the molecule is C=C\C(=C/C(=C\CCC)C(/N)=C/N(N)c1c(F)ccc(NSc2ccoc2)c1Cl)N1CCN(CC2CC2)CC1. The van der Waals surface area contributed by atoms with Gasteiger partial charge in [0.05, 0.1) is 27.6 Å². The van der Waals surface area contributed by atoms with Crippen LogP contribution in [-0.4, -0.2) is 42.5 Å². The summed E-state index contributed by atoms with van der Waals surface area (Å²) in [5, 5.41) is 1.28. The molecule has 0 radical (unpaired) electrons. The maximum Gasteiger partial charge on any atom is 0.149 e. The molecule has 1 aromatic heterocycles. The molecule has 0 amide bonds. The molecule has 4 rings (SSSR count). The molecular weight excluding hydrogens is 535 g/mol. The predicted octanol–water partition coefficient (Wildman–Crippen LogP) is 6.50. The molecule has 0 bridgehead atoms. The van der Waals surface area contributed by atoms with Gasteiger partial charge >= 0.3 is 0 Å². The number of unbranched alkanes of at least 4 members (excludes halogenated alkanes) is 1. The minimum absolute atomic E-state index is 0.0203. The lowest BCUT2D eigenvalue weighted by Gasteiger charge is -2.36. The van der Waals surface area contributed by atoms with E-state index in [0.29, 0.717) is 11.4 Å². The molecule has 1 saturated heterocycles. The maximum atomic E-state index is 14.9. The number of furan rings is 1. The average molecular weight is 573 g/mol. The van der Waals surface area contributed by atoms with Crippen LogP contribution in [0.15, 0.2) is 88.0 Å².